The highest BCUT2D eigenvalue weighted by Gasteiger charge is 2.29. The SMILES string of the molecule is CCOC(=O)c1c(NC(=O)/C=C/c2cc3cc(Cl)cc(OC)c3o2)sc2c1CC[C@H](CC)C2. The Hall–Kier alpha value is -2.77. The molecule has 0 aliphatic heterocycles. The van der Waals surface area contributed by atoms with Gasteiger partial charge in [-0.3, -0.25) is 4.79 Å². The van der Waals surface area contributed by atoms with Gasteiger partial charge >= 0.3 is 5.97 Å². The van der Waals surface area contributed by atoms with Gasteiger partial charge in [-0.15, -0.1) is 11.3 Å². The van der Waals surface area contributed by atoms with Crippen molar-refractivity contribution in [2.45, 2.75) is 39.5 Å². The third-order valence-electron chi connectivity index (χ3n) is 5.85. The van der Waals surface area contributed by atoms with E-state index in [1.54, 1.807) is 38.3 Å². The average Bonchev–Trinajstić information content (AvgIpc) is 3.37. The van der Waals surface area contributed by atoms with Crippen molar-refractivity contribution in [2.24, 2.45) is 5.92 Å². The van der Waals surface area contributed by atoms with E-state index in [1.165, 1.54) is 17.4 Å². The second-order valence-electron chi connectivity index (χ2n) is 7.94. The molecule has 0 radical (unpaired) electrons. The second-order valence-corrected chi connectivity index (χ2v) is 9.48. The Balaban J connectivity index is 1.57. The molecule has 1 aliphatic rings. The van der Waals surface area contributed by atoms with Gasteiger partial charge in [-0.1, -0.05) is 24.9 Å². The third kappa shape index (κ3) is 4.94. The number of hydrogen-bond donors (Lipinski definition) is 1. The van der Waals surface area contributed by atoms with E-state index in [9.17, 15) is 9.59 Å². The number of thiophene rings is 1. The molecule has 0 saturated carbocycles. The van der Waals surface area contributed by atoms with E-state index >= 15 is 0 Å². The van der Waals surface area contributed by atoms with Gasteiger partial charge in [-0.05, 0) is 55.9 Å². The predicted molar refractivity (Wildman–Crippen MR) is 132 cm³/mol. The first-order chi connectivity index (χ1) is 15.9. The van der Waals surface area contributed by atoms with E-state index in [1.807, 2.05) is 0 Å². The minimum absolute atomic E-state index is 0.286. The topological polar surface area (TPSA) is 77.8 Å². The molecule has 33 heavy (non-hydrogen) atoms. The van der Waals surface area contributed by atoms with Gasteiger partial charge in [0.2, 0.25) is 5.91 Å². The normalized spacial score (nSPS) is 15.6. The Morgan fingerprint density at radius 3 is 2.85 bits per heavy atom. The van der Waals surface area contributed by atoms with E-state index < -0.39 is 0 Å². The number of carbonyl (C=O) groups excluding carboxylic acids is 2. The van der Waals surface area contributed by atoms with Gasteiger partial charge in [0, 0.05) is 27.4 Å². The molecule has 1 aromatic carbocycles. The molecular formula is C25H26ClNO5S. The van der Waals surface area contributed by atoms with Crippen LogP contribution >= 0.6 is 22.9 Å². The molecule has 1 N–H and O–H groups in total. The van der Waals surface area contributed by atoms with Crippen molar-refractivity contribution in [3.8, 4) is 5.75 Å². The number of methoxy groups -OCH3 is 1. The lowest BCUT2D eigenvalue weighted by molar-refractivity contribution is -0.111. The molecule has 0 unspecified atom stereocenters. The fraction of sp³-hybridized carbons (Fsp3) is 0.360. The van der Waals surface area contributed by atoms with Crippen LogP contribution < -0.4 is 10.1 Å². The van der Waals surface area contributed by atoms with Gasteiger partial charge < -0.3 is 19.2 Å². The van der Waals surface area contributed by atoms with Crippen LogP contribution in [0.25, 0.3) is 17.0 Å². The number of carbonyl (C=O) groups is 2. The van der Waals surface area contributed by atoms with Gasteiger partial charge in [0.05, 0.1) is 19.3 Å². The van der Waals surface area contributed by atoms with E-state index in [4.69, 9.17) is 25.5 Å². The molecule has 1 amide bonds. The first kappa shape index (κ1) is 23.4. The maximum atomic E-state index is 12.7. The van der Waals surface area contributed by atoms with E-state index in [2.05, 4.69) is 12.2 Å². The van der Waals surface area contributed by atoms with Crippen LogP contribution in [0.15, 0.2) is 28.7 Å². The van der Waals surface area contributed by atoms with Crippen LogP contribution in [0.1, 0.15) is 53.2 Å². The number of benzene rings is 1. The molecule has 1 atom stereocenters. The summed E-state index contributed by atoms with van der Waals surface area (Å²) in [6.45, 7) is 4.25. The van der Waals surface area contributed by atoms with Gasteiger partial charge in [-0.2, -0.15) is 0 Å². The molecule has 2 aromatic heterocycles. The quantitative estimate of drug-likeness (QED) is 0.304. The minimum atomic E-state index is -0.384. The van der Waals surface area contributed by atoms with E-state index in [0.717, 1.165) is 41.5 Å². The smallest absolute Gasteiger partial charge is 0.341 e. The molecule has 174 valence electrons. The van der Waals surface area contributed by atoms with Crippen molar-refractivity contribution in [2.75, 3.05) is 19.0 Å². The highest BCUT2D eigenvalue weighted by atomic mass is 35.5. The second kappa shape index (κ2) is 10.0. The summed E-state index contributed by atoms with van der Waals surface area (Å²) in [4.78, 5) is 26.6. The van der Waals surface area contributed by atoms with Crippen LogP contribution in [-0.4, -0.2) is 25.6 Å². The van der Waals surface area contributed by atoms with Crippen LogP contribution in [-0.2, 0) is 22.4 Å². The Morgan fingerprint density at radius 1 is 1.30 bits per heavy atom. The number of ether oxygens (including phenoxy) is 2. The van der Waals surface area contributed by atoms with Crippen molar-refractivity contribution in [3.63, 3.8) is 0 Å². The van der Waals surface area contributed by atoms with Crippen molar-refractivity contribution < 1.29 is 23.5 Å². The molecular weight excluding hydrogens is 462 g/mol. The number of nitrogens with one attached hydrogen (secondary N) is 1. The largest absolute Gasteiger partial charge is 0.493 e. The zero-order valence-electron chi connectivity index (χ0n) is 18.8. The van der Waals surface area contributed by atoms with Gasteiger partial charge in [0.1, 0.15) is 10.8 Å². The van der Waals surface area contributed by atoms with Crippen LogP contribution in [0.5, 0.6) is 5.75 Å². The summed E-state index contributed by atoms with van der Waals surface area (Å²) in [7, 11) is 1.54. The molecule has 2 heterocycles. The number of rotatable bonds is 7. The van der Waals surface area contributed by atoms with Crippen molar-refractivity contribution in [3.05, 3.63) is 51.1 Å². The highest BCUT2D eigenvalue weighted by Crippen LogP contribution is 2.41. The molecule has 0 saturated heterocycles. The number of halogens is 1. The summed E-state index contributed by atoms with van der Waals surface area (Å²) in [5.41, 5.74) is 2.07. The van der Waals surface area contributed by atoms with Crippen molar-refractivity contribution in [1.29, 1.82) is 0 Å². The zero-order valence-corrected chi connectivity index (χ0v) is 20.4. The Labute approximate surface area is 201 Å². The fourth-order valence-electron chi connectivity index (χ4n) is 4.16. The first-order valence-electron chi connectivity index (χ1n) is 11.0. The van der Waals surface area contributed by atoms with Crippen LogP contribution in [0.2, 0.25) is 5.02 Å². The monoisotopic (exact) mass is 487 g/mol. The maximum absolute atomic E-state index is 12.7. The number of fused-ring (bicyclic) bond motifs is 2. The summed E-state index contributed by atoms with van der Waals surface area (Å²) in [6.07, 6.45) is 6.86. The van der Waals surface area contributed by atoms with E-state index in [0.29, 0.717) is 38.6 Å². The lowest BCUT2D eigenvalue weighted by atomic mass is 9.85. The summed E-state index contributed by atoms with van der Waals surface area (Å²) in [6, 6.07) is 5.23. The standard InChI is InChI=1S/C25H26ClNO5S/c1-4-14-6-8-18-20(10-14)33-24(22(18)25(29)31-5-2)27-21(28)9-7-17-12-15-11-16(26)13-19(30-3)23(15)32-17/h7,9,11-14H,4-6,8,10H2,1-3H3,(H,27,28)/b9-7+/t14-/m0/s1. The first-order valence-corrected chi connectivity index (χ1v) is 12.2. The third-order valence-corrected chi connectivity index (χ3v) is 7.23. The highest BCUT2D eigenvalue weighted by molar-refractivity contribution is 7.17. The minimum Gasteiger partial charge on any atom is -0.493 e. The lowest BCUT2D eigenvalue weighted by Crippen LogP contribution is -2.16. The Bertz CT molecular complexity index is 1230. The Morgan fingerprint density at radius 2 is 2.12 bits per heavy atom. The number of amides is 1. The molecule has 0 fully saturated rings. The maximum Gasteiger partial charge on any atom is 0.341 e. The molecule has 1 aliphatic carbocycles. The molecule has 0 spiro atoms. The van der Waals surface area contributed by atoms with Crippen molar-refractivity contribution in [1.82, 2.24) is 0 Å². The summed E-state index contributed by atoms with van der Waals surface area (Å²) in [5, 5.41) is 4.74. The van der Waals surface area contributed by atoms with Crippen molar-refractivity contribution >= 4 is 56.9 Å². The molecule has 3 aromatic rings. The number of esters is 1. The summed E-state index contributed by atoms with van der Waals surface area (Å²) in [5.74, 6) is 0.883. The molecule has 6 nitrogen and oxygen atoms in total. The summed E-state index contributed by atoms with van der Waals surface area (Å²) >= 11 is 7.59. The van der Waals surface area contributed by atoms with Gasteiger partial charge in [0.15, 0.2) is 11.3 Å². The predicted octanol–water partition coefficient (Wildman–Crippen LogP) is 6.50. The van der Waals surface area contributed by atoms with Gasteiger partial charge in [0.25, 0.3) is 0 Å². The number of anilines is 1. The molecule has 8 heteroatoms. The number of furan rings is 1. The summed E-state index contributed by atoms with van der Waals surface area (Å²) < 4.78 is 16.4. The molecule has 0 bridgehead atoms. The zero-order chi connectivity index (χ0) is 23.5. The fourth-order valence-corrected chi connectivity index (χ4v) is 5.73. The lowest BCUT2D eigenvalue weighted by Gasteiger charge is -2.20. The average molecular weight is 488 g/mol. The van der Waals surface area contributed by atoms with E-state index in [-0.39, 0.29) is 18.5 Å². The van der Waals surface area contributed by atoms with Crippen LogP contribution in [0, 0.1) is 5.92 Å². The van der Waals surface area contributed by atoms with Crippen LogP contribution in [0.4, 0.5) is 5.00 Å². The van der Waals surface area contributed by atoms with Gasteiger partial charge in [-0.25, -0.2) is 4.79 Å². The Kier molecular flexibility index (Phi) is 7.10. The van der Waals surface area contributed by atoms with Crippen LogP contribution in [0.3, 0.4) is 0 Å². The number of hydrogen-bond acceptors (Lipinski definition) is 6. The molecule has 4 rings (SSSR count).